The molecule has 4 rings (SSSR count). The Morgan fingerprint density at radius 3 is 1.67 bits per heavy atom. The second-order valence-electron chi connectivity index (χ2n) is 8.19. The molecule has 0 fully saturated rings. The summed E-state index contributed by atoms with van der Waals surface area (Å²) in [5.74, 6) is -2.35. The van der Waals surface area contributed by atoms with Crippen LogP contribution in [0.3, 0.4) is 0 Å². The van der Waals surface area contributed by atoms with E-state index in [1.54, 1.807) is 30.3 Å². The zero-order chi connectivity index (χ0) is 25.9. The first-order chi connectivity index (χ1) is 17.2. The highest BCUT2D eigenvalue weighted by Crippen LogP contribution is 2.40. The second kappa shape index (κ2) is 10.1. The fourth-order valence-corrected chi connectivity index (χ4v) is 9.17. The van der Waals surface area contributed by atoms with Crippen LogP contribution in [0.5, 0.6) is 0 Å². The largest absolute Gasteiger partial charge is 0.466 e. The normalized spacial score (nSPS) is 12.8. The molecule has 36 heavy (non-hydrogen) atoms. The Balaban J connectivity index is 2.05. The highest BCUT2D eigenvalue weighted by atomic mass is 32.3. The van der Waals surface area contributed by atoms with Crippen molar-refractivity contribution >= 4 is 36.4 Å². The molecule has 0 aromatic heterocycles. The molecule has 0 spiro atoms. The molecule has 8 heteroatoms. The minimum absolute atomic E-state index is 0.182. The predicted molar refractivity (Wildman–Crippen MR) is 139 cm³/mol. The lowest BCUT2D eigenvalue weighted by Gasteiger charge is -2.28. The summed E-state index contributed by atoms with van der Waals surface area (Å²) in [6.07, 6.45) is 0. The fraction of sp³-hybridized carbons (Fsp3) is 0.107. The molecule has 184 valence electrons. The van der Waals surface area contributed by atoms with Gasteiger partial charge in [0.25, 0.3) is 0 Å². The summed E-state index contributed by atoms with van der Waals surface area (Å²) in [7, 11) is -7.97. The van der Waals surface area contributed by atoms with Crippen LogP contribution in [0.25, 0.3) is 10.8 Å². The minimum Gasteiger partial charge on any atom is -0.466 e. The Morgan fingerprint density at radius 2 is 1.17 bits per heavy atom. The van der Waals surface area contributed by atoms with E-state index < -0.39 is 36.1 Å². The number of hydrogen-bond acceptors (Lipinski definition) is 6. The average Bonchev–Trinajstić information content (AvgIpc) is 2.91. The van der Waals surface area contributed by atoms with Gasteiger partial charge >= 0.3 is 5.97 Å². The predicted octanol–water partition coefficient (Wildman–Crippen LogP) is 4.93. The zero-order valence-electron chi connectivity index (χ0n) is 19.4. The van der Waals surface area contributed by atoms with Crippen LogP contribution >= 0.6 is 0 Å². The van der Waals surface area contributed by atoms with Crippen molar-refractivity contribution < 1.29 is 26.4 Å². The SMILES string of the molecule is C=C(C(=O)OC)[C@@H](c1ccc2ccccc2c1)C(S(=O)(=O)c1ccccc1)S(=O)(=O)c1ccccc1. The summed E-state index contributed by atoms with van der Waals surface area (Å²) in [4.78, 5) is 12.3. The number of hydrogen-bond donors (Lipinski definition) is 0. The molecule has 4 aromatic carbocycles. The monoisotopic (exact) mass is 520 g/mol. The smallest absolute Gasteiger partial charge is 0.333 e. The fourth-order valence-electron chi connectivity index (χ4n) is 4.20. The maximum atomic E-state index is 14.1. The van der Waals surface area contributed by atoms with Crippen LogP contribution < -0.4 is 0 Å². The average molecular weight is 521 g/mol. The molecule has 4 aromatic rings. The molecule has 0 radical (unpaired) electrons. The lowest BCUT2D eigenvalue weighted by molar-refractivity contribution is -0.136. The van der Waals surface area contributed by atoms with E-state index in [0.717, 1.165) is 17.9 Å². The lowest BCUT2D eigenvalue weighted by atomic mass is 9.91. The summed E-state index contributed by atoms with van der Waals surface area (Å²) >= 11 is 0. The van der Waals surface area contributed by atoms with E-state index >= 15 is 0 Å². The van der Waals surface area contributed by atoms with E-state index in [2.05, 4.69) is 6.58 Å². The molecule has 0 aliphatic carbocycles. The number of ether oxygens (including phenoxy) is 1. The van der Waals surface area contributed by atoms with Crippen LogP contribution in [0.1, 0.15) is 11.5 Å². The van der Waals surface area contributed by atoms with Gasteiger partial charge in [0, 0.05) is 11.5 Å². The maximum Gasteiger partial charge on any atom is 0.333 e. The standard InChI is InChI=1S/C28H24O6S2/c1-20(27(29)34-2)26(23-18-17-21-11-9-10-12-22(21)19-23)28(35(30,31)24-13-5-3-6-14-24)36(32,33)25-15-7-4-8-16-25/h3-19,26,28H,1H2,2H3/t26-/m0/s1. The number of carbonyl (C=O) groups excluding carboxylic acids is 1. The highest BCUT2D eigenvalue weighted by Gasteiger charge is 2.48. The van der Waals surface area contributed by atoms with Crippen LogP contribution in [0.2, 0.25) is 0 Å². The Morgan fingerprint density at radius 1 is 0.694 bits per heavy atom. The third-order valence-corrected chi connectivity index (χ3v) is 11.1. The highest BCUT2D eigenvalue weighted by molar-refractivity contribution is 8.09. The lowest BCUT2D eigenvalue weighted by Crippen LogP contribution is -2.38. The van der Waals surface area contributed by atoms with Crippen LogP contribution in [-0.2, 0) is 29.2 Å². The van der Waals surface area contributed by atoms with Crippen molar-refractivity contribution in [3.63, 3.8) is 0 Å². The molecule has 6 nitrogen and oxygen atoms in total. The van der Waals surface area contributed by atoms with E-state index in [0.29, 0.717) is 5.56 Å². The molecule has 0 aliphatic rings. The van der Waals surface area contributed by atoms with Crippen LogP contribution in [0.4, 0.5) is 0 Å². The molecule has 0 saturated heterocycles. The van der Waals surface area contributed by atoms with Gasteiger partial charge in [-0.2, -0.15) is 0 Å². The minimum atomic E-state index is -4.55. The van der Waals surface area contributed by atoms with Crippen molar-refractivity contribution in [3.05, 3.63) is 121 Å². The molecule has 0 N–H and O–H groups in total. The van der Waals surface area contributed by atoms with Crippen molar-refractivity contribution in [1.29, 1.82) is 0 Å². The van der Waals surface area contributed by atoms with Crippen LogP contribution in [-0.4, -0.2) is 34.5 Å². The number of carbonyl (C=O) groups is 1. The number of benzene rings is 4. The summed E-state index contributed by atoms with van der Waals surface area (Å²) in [6, 6.07) is 27.1. The van der Waals surface area contributed by atoms with E-state index in [1.165, 1.54) is 48.5 Å². The van der Waals surface area contributed by atoms with Gasteiger partial charge in [-0.3, -0.25) is 0 Å². The van der Waals surface area contributed by atoms with Crippen molar-refractivity contribution in [3.8, 4) is 0 Å². The Kier molecular flexibility index (Phi) is 7.10. The van der Waals surface area contributed by atoms with Crippen molar-refractivity contribution in [2.24, 2.45) is 0 Å². The van der Waals surface area contributed by atoms with Gasteiger partial charge in [0.1, 0.15) is 0 Å². The number of fused-ring (bicyclic) bond motifs is 1. The molecule has 0 bridgehead atoms. The number of sulfone groups is 2. The first-order valence-electron chi connectivity index (χ1n) is 11.0. The second-order valence-corrected chi connectivity index (χ2v) is 12.6. The molecule has 1 atom stereocenters. The van der Waals surface area contributed by atoms with Gasteiger partial charge in [-0.05, 0) is 40.6 Å². The molecular formula is C28H24O6S2. The van der Waals surface area contributed by atoms with Crippen LogP contribution in [0.15, 0.2) is 125 Å². The summed E-state index contributed by atoms with van der Waals surface area (Å²) < 4.78 is 59.1. The van der Waals surface area contributed by atoms with E-state index in [-0.39, 0.29) is 15.4 Å². The van der Waals surface area contributed by atoms with Gasteiger partial charge in [-0.15, -0.1) is 0 Å². The van der Waals surface area contributed by atoms with E-state index in [9.17, 15) is 21.6 Å². The molecule has 0 aliphatic heterocycles. The number of esters is 1. The van der Waals surface area contributed by atoms with E-state index in [4.69, 9.17) is 4.74 Å². The first kappa shape index (κ1) is 25.3. The van der Waals surface area contributed by atoms with Gasteiger partial charge < -0.3 is 4.74 Å². The maximum absolute atomic E-state index is 14.1. The summed E-state index contributed by atoms with van der Waals surface area (Å²) in [5, 5.41) is 1.63. The Labute approximate surface area is 210 Å². The summed E-state index contributed by atoms with van der Waals surface area (Å²) in [5.41, 5.74) is 0.0323. The summed E-state index contributed by atoms with van der Waals surface area (Å²) in [6.45, 7) is 3.81. The van der Waals surface area contributed by atoms with Gasteiger partial charge in [0.15, 0.2) is 24.3 Å². The van der Waals surface area contributed by atoms with Gasteiger partial charge in [-0.25, -0.2) is 21.6 Å². The molecule has 0 unspecified atom stereocenters. The van der Waals surface area contributed by atoms with E-state index in [1.807, 2.05) is 24.3 Å². The Hall–Kier alpha value is -3.75. The number of methoxy groups -OCH3 is 1. The van der Waals surface area contributed by atoms with Crippen LogP contribution in [0, 0.1) is 0 Å². The first-order valence-corrected chi connectivity index (χ1v) is 14.1. The van der Waals surface area contributed by atoms with Gasteiger partial charge in [0.05, 0.1) is 16.9 Å². The quantitative estimate of drug-likeness (QED) is 0.242. The Bertz CT molecular complexity index is 1560. The van der Waals surface area contributed by atoms with Crippen molar-refractivity contribution in [2.45, 2.75) is 20.3 Å². The molecule has 0 amide bonds. The topological polar surface area (TPSA) is 94.6 Å². The third-order valence-electron chi connectivity index (χ3n) is 5.98. The van der Waals surface area contributed by atoms with Gasteiger partial charge in [-0.1, -0.05) is 85.4 Å². The molecule has 0 heterocycles. The molecular weight excluding hydrogens is 496 g/mol. The van der Waals surface area contributed by atoms with Crippen molar-refractivity contribution in [1.82, 2.24) is 0 Å². The van der Waals surface area contributed by atoms with Gasteiger partial charge in [0.2, 0.25) is 0 Å². The zero-order valence-corrected chi connectivity index (χ0v) is 21.1. The van der Waals surface area contributed by atoms with Crippen molar-refractivity contribution in [2.75, 3.05) is 7.11 Å². The number of rotatable bonds is 8. The molecule has 0 saturated carbocycles. The third kappa shape index (κ3) is 4.69.